The highest BCUT2D eigenvalue weighted by Crippen LogP contribution is 2.46. The van der Waals surface area contributed by atoms with Crippen LogP contribution in [0.4, 0.5) is 0 Å². The average Bonchev–Trinajstić information content (AvgIpc) is 2.94. The number of hydrogen-bond donors (Lipinski definition) is 4. The molecule has 14 heteroatoms. The summed E-state index contributed by atoms with van der Waals surface area (Å²) in [6.07, 6.45) is 0.155. The molecule has 0 atom stereocenters. The van der Waals surface area contributed by atoms with Crippen molar-refractivity contribution < 1.29 is 29.9 Å². The van der Waals surface area contributed by atoms with Crippen molar-refractivity contribution in [2.24, 2.45) is 0 Å². The van der Waals surface area contributed by atoms with Crippen molar-refractivity contribution in [3.63, 3.8) is 0 Å². The number of hydrogen-bond acceptors (Lipinski definition) is 6. The Labute approximate surface area is 294 Å². The molecular weight excluding hydrogens is 740 g/mol. The van der Waals surface area contributed by atoms with Gasteiger partial charge in [-0.25, -0.2) is 0 Å². The molecule has 4 aromatic rings. The number of methoxy groups -OCH3 is 2. The number of phenolic OH excluding ortho intramolecular Hbond substituents is 4. The maximum atomic E-state index is 9.79. The molecular formula is C30H24Cl8O6. The van der Waals surface area contributed by atoms with Crippen LogP contribution in [-0.4, -0.2) is 34.6 Å². The quantitative estimate of drug-likeness (QED) is 0.156. The van der Waals surface area contributed by atoms with Crippen LogP contribution < -0.4 is 9.47 Å². The summed E-state index contributed by atoms with van der Waals surface area (Å²) in [5, 5.41) is 40.3. The highest BCUT2D eigenvalue weighted by molar-refractivity contribution is 6.39. The molecule has 0 aliphatic heterocycles. The molecule has 0 saturated carbocycles. The Morgan fingerprint density at radius 1 is 0.523 bits per heavy atom. The average molecular weight is 764 g/mol. The minimum Gasteiger partial charge on any atom is -0.505 e. The van der Waals surface area contributed by atoms with E-state index in [0.717, 1.165) is 11.1 Å². The molecule has 4 aromatic carbocycles. The summed E-state index contributed by atoms with van der Waals surface area (Å²) in [6.45, 7) is 3.87. The van der Waals surface area contributed by atoms with Gasteiger partial charge < -0.3 is 29.9 Å². The minimum absolute atomic E-state index is 0.101. The van der Waals surface area contributed by atoms with Gasteiger partial charge in [0.1, 0.15) is 0 Å². The third-order valence-corrected chi connectivity index (χ3v) is 9.36. The van der Waals surface area contributed by atoms with Gasteiger partial charge in [-0.3, -0.25) is 0 Å². The van der Waals surface area contributed by atoms with E-state index >= 15 is 0 Å². The maximum Gasteiger partial charge on any atom is 0.179 e. The molecule has 44 heavy (non-hydrogen) atoms. The van der Waals surface area contributed by atoms with Crippen LogP contribution in [0.1, 0.15) is 36.1 Å². The topological polar surface area (TPSA) is 99.4 Å². The monoisotopic (exact) mass is 760 g/mol. The molecule has 0 heterocycles. The number of halogens is 8. The molecule has 0 aromatic heterocycles. The second-order valence-electron chi connectivity index (χ2n) is 9.79. The first-order valence-corrected chi connectivity index (χ1v) is 15.3. The normalized spacial score (nSPS) is 11.2. The van der Waals surface area contributed by atoms with E-state index in [9.17, 15) is 20.4 Å². The van der Waals surface area contributed by atoms with E-state index in [2.05, 4.69) is 0 Å². The van der Waals surface area contributed by atoms with Gasteiger partial charge in [-0.1, -0.05) is 107 Å². The van der Waals surface area contributed by atoms with Crippen LogP contribution in [0.15, 0.2) is 36.4 Å². The van der Waals surface area contributed by atoms with Crippen molar-refractivity contribution in [3.05, 3.63) is 98.8 Å². The van der Waals surface area contributed by atoms with Crippen LogP contribution in [0.2, 0.25) is 40.2 Å². The van der Waals surface area contributed by atoms with Gasteiger partial charge in [0, 0.05) is 34.0 Å². The minimum atomic E-state index is -0.526. The Hall–Kier alpha value is -2.00. The maximum absolute atomic E-state index is 9.79. The number of aromatic hydroxyl groups is 4. The van der Waals surface area contributed by atoms with E-state index in [0.29, 0.717) is 11.1 Å². The molecule has 0 aliphatic carbocycles. The largest absolute Gasteiger partial charge is 0.505 e. The lowest BCUT2D eigenvalue weighted by atomic mass is 9.78. The number of benzene rings is 4. The van der Waals surface area contributed by atoms with E-state index in [1.54, 1.807) is 24.3 Å². The first-order valence-electron chi connectivity index (χ1n) is 12.3. The molecule has 0 spiro atoms. The molecule has 0 amide bonds. The molecule has 0 saturated heterocycles. The fourth-order valence-corrected chi connectivity index (χ4v) is 6.45. The molecule has 0 fully saturated rings. The van der Waals surface area contributed by atoms with Crippen LogP contribution >= 0.6 is 92.8 Å². The summed E-state index contributed by atoms with van der Waals surface area (Å²) < 4.78 is 10.1. The van der Waals surface area contributed by atoms with E-state index < -0.39 is 5.41 Å². The summed E-state index contributed by atoms with van der Waals surface area (Å²) in [7, 11) is 2.75. The Morgan fingerprint density at radius 2 is 0.818 bits per heavy atom. The van der Waals surface area contributed by atoms with E-state index in [1.165, 1.54) is 26.4 Å². The SMILES string of the molecule is CC(C)(c1cc(Cl)c(O)c(Cl)c1)c1cc(Cl)c(O)c(Cl)c1.COc1c(O)cc(Cl)c(Cc2c(Cl)cc(O)c(OC)c2Cl)c1Cl. The van der Waals surface area contributed by atoms with Gasteiger partial charge in [-0.2, -0.15) is 0 Å². The van der Waals surface area contributed by atoms with Crippen LogP contribution in [0, 0.1) is 0 Å². The summed E-state index contributed by atoms with van der Waals surface area (Å²) in [5.41, 5.74) is 1.99. The lowest BCUT2D eigenvalue weighted by Gasteiger charge is -2.27. The number of ether oxygens (including phenoxy) is 2. The molecule has 0 unspecified atom stereocenters. The van der Waals surface area contributed by atoms with Crippen LogP contribution in [0.25, 0.3) is 0 Å². The van der Waals surface area contributed by atoms with E-state index in [4.69, 9.17) is 102 Å². The summed E-state index contributed by atoms with van der Waals surface area (Å²) in [4.78, 5) is 0. The van der Waals surface area contributed by atoms with E-state index in [1.807, 2.05) is 13.8 Å². The fourth-order valence-electron chi connectivity index (χ4n) is 4.16. The third-order valence-electron chi connectivity index (χ3n) is 6.74. The van der Waals surface area contributed by atoms with Gasteiger partial charge in [-0.05, 0) is 46.5 Å². The van der Waals surface area contributed by atoms with Crippen molar-refractivity contribution in [2.75, 3.05) is 14.2 Å². The Kier molecular flexibility index (Phi) is 12.1. The molecule has 6 nitrogen and oxygen atoms in total. The Balaban J connectivity index is 0.000000241. The van der Waals surface area contributed by atoms with Gasteiger partial charge >= 0.3 is 0 Å². The van der Waals surface area contributed by atoms with Gasteiger partial charge in [0.2, 0.25) is 0 Å². The zero-order chi connectivity index (χ0) is 33.3. The zero-order valence-electron chi connectivity index (χ0n) is 23.3. The molecule has 236 valence electrons. The van der Waals surface area contributed by atoms with Gasteiger partial charge in [0.15, 0.2) is 34.5 Å². The van der Waals surface area contributed by atoms with Gasteiger partial charge in [0.25, 0.3) is 0 Å². The molecule has 0 bridgehead atoms. The molecule has 4 rings (SSSR count). The van der Waals surface area contributed by atoms with Crippen molar-refractivity contribution in [2.45, 2.75) is 25.7 Å². The van der Waals surface area contributed by atoms with Crippen LogP contribution in [0.5, 0.6) is 34.5 Å². The molecule has 0 aliphatic rings. The first kappa shape index (κ1) is 36.5. The Morgan fingerprint density at radius 3 is 1.09 bits per heavy atom. The standard InChI is InChI=1S/C15H12Cl4O4.C15H12Cl4O2/c1-22-14-10(20)4-8(16)6(12(14)18)3-7-9(17)5-11(21)15(23-2)13(7)19;1-15(2,7-3-9(16)13(20)10(17)4-7)8-5-11(18)14(21)12(19)6-8/h4-5,20-21H,3H2,1-2H3;3-6,20-21H,1-2H3. The highest BCUT2D eigenvalue weighted by atomic mass is 35.5. The predicted octanol–water partition coefficient (Wildman–Crippen LogP) is 11.4. The molecule has 0 radical (unpaired) electrons. The van der Waals surface area contributed by atoms with Crippen LogP contribution in [-0.2, 0) is 11.8 Å². The zero-order valence-corrected chi connectivity index (χ0v) is 29.3. The first-order chi connectivity index (χ1) is 20.5. The summed E-state index contributed by atoms with van der Waals surface area (Å²) in [5.74, 6) is -0.453. The molecule has 4 N–H and O–H groups in total. The summed E-state index contributed by atoms with van der Waals surface area (Å²) >= 11 is 48.7. The second kappa shape index (κ2) is 14.6. The Bertz CT molecular complexity index is 1560. The second-order valence-corrected chi connectivity index (χ2v) is 13.0. The number of phenols is 4. The van der Waals surface area contributed by atoms with E-state index in [-0.39, 0.29) is 81.1 Å². The lowest BCUT2D eigenvalue weighted by molar-refractivity contribution is 0.372. The smallest absolute Gasteiger partial charge is 0.179 e. The van der Waals surface area contributed by atoms with Crippen molar-refractivity contribution in [3.8, 4) is 34.5 Å². The van der Waals surface area contributed by atoms with Crippen molar-refractivity contribution >= 4 is 92.8 Å². The van der Waals surface area contributed by atoms with Crippen LogP contribution in [0.3, 0.4) is 0 Å². The third kappa shape index (κ3) is 7.51. The van der Waals surface area contributed by atoms with Crippen molar-refractivity contribution in [1.82, 2.24) is 0 Å². The number of rotatable bonds is 6. The predicted molar refractivity (Wildman–Crippen MR) is 181 cm³/mol. The summed E-state index contributed by atoms with van der Waals surface area (Å²) in [6, 6.07) is 9.19. The lowest BCUT2D eigenvalue weighted by Crippen LogP contribution is -2.19. The highest BCUT2D eigenvalue weighted by Gasteiger charge is 2.27. The van der Waals surface area contributed by atoms with Gasteiger partial charge in [0.05, 0.1) is 44.4 Å². The van der Waals surface area contributed by atoms with Gasteiger partial charge in [-0.15, -0.1) is 0 Å². The van der Waals surface area contributed by atoms with Crippen molar-refractivity contribution in [1.29, 1.82) is 0 Å². The fraction of sp³-hybridized carbons (Fsp3) is 0.200.